The van der Waals surface area contributed by atoms with Gasteiger partial charge in [0.1, 0.15) is 11.6 Å². The molecule has 2 rings (SSSR count). The van der Waals surface area contributed by atoms with Crippen LogP contribution in [-0.2, 0) is 4.79 Å². The fourth-order valence-electron chi connectivity index (χ4n) is 2.77. The number of likely N-dealkylation sites (tertiary alicyclic amines) is 1. The summed E-state index contributed by atoms with van der Waals surface area (Å²) in [7, 11) is 3.87. The minimum absolute atomic E-state index is 0.115. The lowest BCUT2D eigenvalue weighted by atomic mass is 10.0. The quantitative estimate of drug-likeness (QED) is 0.633. The van der Waals surface area contributed by atoms with E-state index < -0.39 is 0 Å². The van der Waals surface area contributed by atoms with Crippen LogP contribution in [0.1, 0.15) is 18.4 Å². The average molecular weight is 391 g/mol. The standard InChI is InChI=1S/C18H23BrN4O/c1-13-4-5-17(16(19)10-13)21-12-14(11-20)18(24)23(3)15-6-8-22(2)9-7-15/h4-5,10,12,15,21H,6-9H2,1-3H3/b14-12-. The second-order valence-corrected chi connectivity index (χ2v) is 7.10. The molecular weight excluding hydrogens is 368 g/mol. The Morgan fingerprint density at radius 2 is 2.12 bits per heavy atom. The van der Waals surface area contributed by atoms with E-state index in [1.165, 1.54) is 6.20 Å². The number of carbonyl (C=O) groups is 1. The smallest absolute Gasteiger partial charge is 0.266 e. The molecule has 1 aliphatic rings. The molecule has 128 valence electrons. The number of rotatable bonds is 4. The molecule has 1 aliphatic heterocycles. The molecule has 0 spiro atoms. The summed E-state index contributed by atoms with van der Waals surface area (Å²) < 4.78 is 0.896. The minimum atomic E-state index is -0.234. The third kappa shape index (κ3) is 4.59. The van der Waals surface area contributed by atoms with E-state index in [1.807, 2.05) is 31.2 Å². The van der Waals surface area contributed by atoms with Gasteiger partial charge in [0.25, 0.3) is 5.91 Å². The maximum absolute atomic E-state index is 12.6. The van der Waals surface area contributed by atoms with E-state index in [0.717, 1.165) is 41.7 Å². The lowest BCUT2D eigenvalue weighted by Crippen LogP contribution is -2.44. The first-order chi connectivity index (χ1) is 11.4. The van der Waals surface area contributed by atoms with Gasteiger partial charge in [-0.3, -0.25) is 4.79 Å². The molecule has 0 bridgehead atoms. The highest BCUT2D eigenvalue weighted by Crippen LogP contribution is 2.24. The Morgan fingerprint density at radius 3 is 2.71 bits per heavy atom. The predicted molar refractivity (Wildman–Crippen MR) is 99.5 cm³/mol. The van der Waals surface area contributed by atoms with Gasteiger partial charge < -0.3 is 15.1 Å². The summed E-state index contributed by atoms with van der Waals surface area (Å²) >= 11 is 3.48. The molecule has 24 heavy (non-hydrogen) atoms. The van der Waals surface area contributed by atoms with Crippen molar-refractivity contribution in [3.63, 3.8) is 0 Å². The molecule has 1 aromatic carbocycles. The number of nitriles is 1. The van der Waals surface area contributed by atoms with Gasteiger partial charge in [-0.1, -0.05) is 6.07 Å². The van der Waals surface area contributed by atoms with Crippen molar-refractivity contribution in [2.75, 3.05) is 32.5 Å². The van der Waals surface area contributed by atoms with Crippen molar-refractivity contribution in [2.45, 2.75) is 25.8 Å². The van der Waals surface area contributed by atoms with Crippen molar-refractivity contribution in [2.24, 2.45) is 0 Å². The van der Waals surface area contributed by atoms with E-state index in [2.05, 4.69) is 33.2 Å². The molecular formula is C18H23BrN4O. The van der Waals surface area contributed by atoms with Crippen LogP contribution in [-0.4, -0.2) is 48.9 Å². The van der Waals surface area contributed by atoms with Gasteiger partial charge in [0, 0.05) is 23.8 Å². The number of carbonyl (C=O) groups excluding carboxylic acids is 1. The van der Waals surface area contributed by atoms with Crippen molar-refractivity contribution in [3.8, 4) is 6.07 Å². The molecule has 0 atom stereocenters. The SMILES string of the molecule is Cc1ccc(N/C=C(/C#N)C(=O)N(C)C2CCN(C)CC2)c(Br)c1. The number of benzene rings is 1. The molecule has 1 heterocycles. The number of piperidine rings is 1. The third-order valence-electron chi connectivity index (χ3n) is 4.40. The lowest BCUT2D eigenvalue weighted by Gasteiger charge is -2.35. The number of hydrogen-bond acceptors (Lipinski definition) is 4. The fourth-order valence-corrected chi connectivity index (χ4v) is 3.37. The van der Waals surface area contributed by atoms with E-state index in [-0.39, 0.29) is 17.5 Å². The zero-order valence-corrected chi connectivity index (χ0v) is 15.9. The fraction of sp³-hybridized carbons (Fsp3) is 0.444. The van der Waals surface area contributed by atoms with Crippen molar-refractivity contribution in [3.05, 3.63) is 40.0 Å². The van der Waals surface area contributed by atoms with Crippen molar-refractivity contribution >= 4 is 27.5 Å². The van der Waals surface area contributed by atoms with E-state index in [1.54, 1.807) is 11.9 Å². The Kier molecular flexibility index (Phi) is 6.41. The molecule has 1 amide bonds. The van der Waals surface area contributed by atoms with Crippen molar-refractivity contribution < 1.29 is 4.79 Å². The van der Waals surface area contributed by atoms with Crippen LogP contribution in [0.3, 0.4) is 0 Å². The van der Waals surface area contributed by atoms with E-state index in [0.29, 0.717) is 0 Å². The van der Waals surface area contributed by atoms with Crippen LogP contribution < -0.4 is 5.32 Å². The van der Waals surface area contributed by atoms with Crippen LogP contribution in [0.5, 0.6) is 0 Å². The Bertz CT molecular complexity index is 672. The highest BCUT2D eigenvalue weighted by Gasteiger charge is 2.25. The summed E-state index contributed by atoms with van der Waals surface area (Å²) in [4.78, 5) is 16.5. The minimum Gasteiger partial charge on any atom is -0.359 e. The summed E-state index contributed by atoms with van der Waals surface area (Å²) in [5.74, 6) is -0.234. The Morgan fingerprint density at radius 1 is 1.46 bits per heavy atom. The van der Waals surface area contributed by atoms with Gasteiger partial charge in [-0.05, 0) is 73.5 Å². The van der Waals surface area contributed by atoms with E-state index in [9.17, 15) is 10.1 Å². The van der Waals surface area contributed by atoms with E-state index >= 15 is 0 Å². The number of amides is 1. The number of likely N-dealkylation sites (N-methyl/N-ethyl adjacent to an activating group) is 1. The van der Waals surface area contributed by atoms with Crippen LogP contribution in [0.4, 0.5) is 5.69 Å². The molecule has 1 aromatic rings. The van der Waals surface area contributed by atoms with Crippen LogP contribution in [0, 0.1) is 18.3 Å². The van der Waals surface area contributed by atoms with Gasteiger partial charge in [0.2, 0.25) is 0 Å². The number of aryl methyl sites for hydroxylation is 1. The average Bonchev–Trinajstić information content (AvgIpc) is 2.57. The summed E-state index contributed by atoms with van der Waals surface area (Å²) in [6.07, 6.45) is 3.37. The number of halogens is 1. The van der Waals surface area contributed by atoms with E-state index in [4.69, 9.17) is 0 Å². The monoisotopic (exact) mass is 390 g/mol. The summed E-state index contributed by atoms with van der Waals surface area (Å²) in [6, 6.07) is 8.07. The zero-order chi connectivity index (χ0) is 17.7. The highest BCUT2D eigenvalue weighted by atomic mass is 79.9. The van der Waals surface area contributed by atoms with Gasteiger partial charge in [0.15, 0.2) is 0 Å². The molecule has 0 aliphatic carbocycles. The summed E-state index contributed by atoms with van der Waals surface area (Å²) in [5, 5.41) is 12.4. The Labute approximate surface area is 152 Å². The van der Waals surface area contributed by atoms with Gasteiger partial charge in [-0.15, -0.1) is 0 Å². The van der Waals surface area contributed by atoms with Gasteiger partial charge in [0.05, 0.1) is 5.69 Å². The molecule has 6 heteroatoms. The largest absolute Gasteiger partial charge is 0.359 e. The molecule has 5 nitrogen and oxygen atoms in total. The van der Waals surface area contributed by atoms with Crippen molar-refractivity contribution in [1.82, 2.24) is 9.80 Å². The lowest BCUT2D eigenvalue weighted by molar-refractivity contribution is -0.128. The molecule has 1 N–H and O–H groups in total. The van der Waals surface area contributed by atoms with Crippen LogP contribution in [0.25, 0.3) is 0 Å². The Hall–Kier alpha value is -1.84. The maximum atomic E-state index is 12.6. The van der Waals surface area contributed by atoms with Crippen LogP contribution in [0.2, 0.25) is 0 Å². The number of nitrogens with one attached hydrogen (secondary N) is 1. The maximum Gasteiger partial charge on any atom is 0.266 e. The molecule has 0 aromatic heterocycles. The predicted octanol–water partition coefficient (Wildman–Crippen LogP) is 3.13. The second kappa shape index (κ2) is 8.32. The zero-order valence-electron chi connectivity index (χ0n) is 14.3. The first-order valence-electron chi connectivity index (χ1n) is 8.01. The highest BCUT2D eigenvalue weighted by molar-refractivity contribution is 9.10. The summed E-state index contributed by atoms with van der Waals surface area (Å²) in [5.41, 5.74) is 2.07. The third-order valence-corrected chi connectivity index (χ3v) is 5.06. The van der Waals surface area contributed by atoms with Crippen LogP contribution in [0.15, 0.2) is 34.4 Å². The van der Waals surface area contributed by atoms with Gasteiger partial charge in [-0.2, -0.15) is 5.26 Å². The van der Waals surface area contributed by atoms with Gasteiger partial charge in [-0.25, -0.2) is 0 Å². The summed E-state index contributed by atoms with van der Waals surface area (Å²) in [6.45, 7) is 3.95. The normalized spacial score (nSPS) is 16.5. The molecule has 0 radical (unpaired) electrons. The number of anilines is 1. The molecule has 0 saturated carbocycles. The number of hydrogen-bond donors (Lipinski definition) is 1. The topological polar surface area (TPSA) is 59.4 Å². The molecule has 0 unspecified atom stereocenters. The first-order valence-corrected chi connectivity index (χ1v) is 8.80. The second-order valence-electron chi connectivity index (χ2n) is 6.25. The van der Waals surface area contributed by atoms with Crippen LogP contribution >= 0.6 is 15.9 Å². The Balaban J connectivity index is 2.06. The van der Waals surface area contributed by atoms with Gasteiger partial charge >= 0.3 is 0 Å². The molecule has 1 saturated heterocycles. The van der Waals surface area contributed by atoms with Crippen molar-refractivity contribution in [1.29, 1.82) is 5.26 Å². The first kappa shape index (κ1) is 18.5. The number of nitrogens with zero attached hydrogens (tertiary/aromatic N) is 3. The molecule has 1 fully saturated rings.